The van der Waals surface area contributed by atoms with E-state index in [4.69, 9.17) is 23.2 Å². The quantitative estimate of drug-likeness (QED) is 0.566. The summed E-state index contributed by atoms with van der Waals surface area (Å²) in [6.07, 6.45) is 3.53. The Morgan fingerprint density at radius 2 is 1.97 bits per heavy atom. The fourth-order valence-electron chi connectivity index (χ4n) is 3.85. The highest BCUT2D eigenvalue weighted by molar-refractivity contribution is 7.92. The van der Waals surface area contributed by atoms with Crippen LogP contribution in [0.3, 0.4) is 0 Å². The van der Waals surface area contributed by atoms with Crippen molar-refractivity contribution in [2.24, 2.45) is 0 Å². The fourth-order valence-corrected chi connectivity index (χ4v) is 4.89. The number of carbonyl (C=O) groups is 1. The minimum atomic E-state index is -3.57. The summed E-state index contributed by atoms with van der Waals surface area (Å²) in [5.41, 5.74) is 2.46. The van der Waals surface area contributed by atoms with Gasteiger partial charge in [-0.15, -0.1) is 0 Å². The summed E-state index contributed by atoms with van der Waals surface area (Å²) in [4.78, 5) is 19.7. The Labute approximate surface area is 190 Å². The maximum atomic E-state index is 13.5. The Morgan fingerprint density at radius 3 is 2.71 bits per heavy atom. The molecule has 1 saturated heterocycles. The van der Waals surface area contributed by atoms with Crippen molar-refractivity contribution in [1.82, 2.24) is 19.5 Å². The van der Waals surface area contributed by atoms with E-state index in [2.05, 4.69) is 14.8 Å². The molecule has 0 radical (unpaired) electrons. The van der Waals surface area contributed by atoms with Gasteiger partial charge < -0.3 is 4.90 Å². The number of aromatic nitrogens is 3. The fraction of sp³-hybridized carbons (Fsp3) is 0.350. The van der Waals surface area contributed by atoms with Gasteiger partial charge in [-0.2, -0.15) is 5.10 Å². The zero-order valence-electron chi connectivity index (χ0n) is 17.0. The Hall–Kier alpha value is -2.36. The van der Waals surface area contributed by atoms with Crippen molar-refractivity contribution < 1.29 is 13.2 Å². The van der Waals surface area contributed by atoms with Crippen LogP contribution in [0.15, 0.2) is 30.3 Å². The second-order valence-corrected chi connectivity index (χ2v) is 10.2. The summed E-state index contributed by atoms with van der Waals surface area (Å²) in [7, 11) is -3.57. The van der Waals surface area contributed by atoms with Crippen molar-refractivity contribution in [1.29, 1.82) is 0 Å². The van der Waals surface area contributed by atoms with Crippen LogP contribution in [-0.2, 0) is 10.0 Å². The summed E-state index contributed by atoms with van der Waals surface area (Å²) in [6.45, 7) is 2.37. The monoisotopic (exact) mass is 481 g/mol. The lowest BCUT2D eigenvalue weighted by Gasteiger charge is -2.35. The summed E-state index contributed by atoms with van der Waals surface area (Å²) in [5, 5.41) is 5.38. The molecule has 0 saturated carbocycles. The molecule has 2 aromatic heterocycles. The van der Waals surface area contributed by atoms with Crippen LogP contribution in [-0.4, -0.2) is 46.6 Å². The van der Waals surface area contributed by atoms with Gasteiger partial charge in [-0.3, -0.25) is 9.52 Å². The molecule has 8 nitrogen and oxygen atoms in total. The van der Waals surface area contributed by atoms with Crippen LogP contribution in [0.5, 0.6) is 0 Å². The van der Waals surface area contributed by atoms with Crippen LogP contribution in [0.1, 0.15) is 47.1 Å². The van der Waals surface area contributed by atoms with Gasteiger partial charge in [0.25, 0.3) is 5.91 Å². The molecule has 4 rings (SSSR count). The molecule has 11 heteroatoms. The molecule has 1 fully saturated rings. The molecule has 0 unspecified atom stereocenters. The first-order chi connectivity index (χ1) is 14.6. The van der Waals surface area contributed by atoms with E-state index in [-0.39, 0.29) is 23.2 Å². The Morgan fingerprint density at radius 1 is 1.19 bits per heavy atom. The number of halogens is 2. The molecule has 31 heavy (non-hydrogen) atoms. The number of hydrogen-bond acceptors (Lipinski definition) is 5. The Bertz CT molecular complexity index is 1280. The van der Waals surface area contributed by atoms with Gasteiger partial charge in [0, 0.05) is 23.3 Å². The van der Waals surface area contributed by atoms with Gasteiger partial charge in [0.2, 0.25) is 10.0 Å². The number of nitrogens with zero attached hydrogens (tertiary/aromatic N) is 4. The van der Waals surface area contributed by atoms with Crippen LogP contribution in [0.4, 0.5) is 5.69 Å². The highest BCUT2D eigenvalue weighted by atomic mass is 35.5. The van der Waals surface area contributed by atoms with E-state index in [1.54, 1.807) is 15.5 Å². The number of nitrogens with one attached hydrogen (secondary N) is 1. The second kappa shape index (κ2) is 8.29. The van der Waals surface area contributed by atoms with Crippen molar-refractivity contribution in [2.75, 3.05) is 17.5 Å². The van der Waals surface area contributed by atoms with Gasteiger partial charge in [0.15, 0.2) is 5.65 Å². The summed E-state index contributed by atoms with van der Waals surface area (Å²) in [5.74, 6) is -0.314. The molecule has 0 aliphatic carbocycles. The lowest BCUT2D eigenvalue weighted by Crippen LogP contribution is -2.39. The number of aryl methyl sites for hydroxylation is 1. The molecule has 1 aliphatic heterocycles. The SMILES string of the molecule is Cc1cc(Cl)n2nc([C@@H]3CCCCN3C(=O)c3cc(Cl)ccc3NS(C)(=O)=O)cc2n1. The molecule has 3 aromatic rings. The van der Waals surface area contributed by atoms with Gasteiger partial charge in [0.1, 0.15) is 5.15 Å². The van der Waals surface area contributed by atoms with Crippen LogP contribution in [0.25, 0.3) is 5.65 Å². The van der Waals surface area contributed by atoms with Crippen molar-refractivity contribution in [3.8, 4) is 0 Å². The molecular weight excluding hydrogens is 461 g/mol. The number of benzene rings is 1. The third kappa shape index (κ3) is 4.63. The molecule has 0 bridgehead atoms. The number of anilines is 1. The normalized spacial score (nSPS) is 17.2. The minimum absolute atomic E-state index is 0.191. The maximum absolute atomic E-state index is 13.5. The average Bonchev–Trinajstić information content (AvgIpc) is 3.12. The largest absolute Gasteiger partial charge is 0.330 e. The lowest BCUT2D eigenvalue weighted by molar-refractivity contribution is 0.0607. The minimum Gasteiger partial charge on any atom is -0.330 e. The topological polar surface area (TPSA) is 96.7 Å². The number of hydrogen-bond donors (Lipinski definition) is 1. The molecule has 1 N–H and O–H groups in total. The van der Waals surface area contributed by atoms with E-state index in [0.717, 1.165) is 31.2 Å². The third-order valence-corrected chi connectivity index (χ3v) is 6.24. The molecule has 1 aromatic carbocycles. The van der Waals surface area contributed by atoms with Crippen molar-refractivity contribution in [3.63, 3.8) is 0 Å². The van der Waals surface area contributed by atoms with E-state index in [1.807, 2.05) is 13.0 Å². The summed E-state index contributed by atoms with van der Waals surface area (Å²) >= 11 is 12.4. The lowest BCUT2D eigenvalue weighted by atomic mass is 9.98. The first kappa shape index (κ1) is 21.9. The number of carbonyl (C=O) groups excluding carboxylic acids is 1. The number of amides is 1. The Balaban J connectivity index is 1.74. The van der Waals surface area contributed by atoms with Crippen LogP contribution >= 0.6 is 23.2 Å². The number of fused-ring (bicyclic) bond motifs is 1. The summed E-state index contributed by atoms with van der Waals surface area (Å²) in [6, 6.07) is 7.79. The smallest absolute Gasteiger partial charge is 0.256 e. The molecule has 3 heterocycles. The first-order valence-electron chi connectivity index (χ1n) is 9.73. The molecule has 164 valence electrons. The molecule has 0 spiro atoms. The highest BCUT2D eigenvalue weighted by Gasteiger charge is 2.32. The molecule has 1 amide bonds. The Kier molecular flexibility index (Phi) is 5.85. The van der Waals surface area contributed by atoms with Gasteiger partial charge in [0.05, 0.1) is 29.2 Å². The average molecular weight is 482 g/mol. The number of rotatable bonds is 4. The zero-order valence-corrected chi connectivity index (χ0v) is 19.3. The van der Waals surface area contributed by atoms with Crippen LogP contribution < -0.4 is 4.72 Å². The highest BCUT2D eigenvalue weighted by Crippen LogP contribution is 2.34. The van der Waals surface area contributed by atoms with Crippen molar-refractivity contribution in [3.05, 3.63) is 57.5 Å². The maximum Gasteiger partial charge on any atom is 0.256 e. The third-order valence-electron chi connectivity index (χ3n) is 5.14. The second-order valence-electron chi connectivity index (χ2n) is 7.63. The number of likely N-dealkylation sites (tertiary alicyclic amines) is 1. The first-order valence-corrected chi connectivity index (χ1v) is 12.4. The molecule has 1 aliphatic rings. The predicted octanol–water partition coefficient (Wildman–Crippen LogP) is 4.08. The van der Waals surface area contributed by atoms with Crippen molar-refractivity contribution >= 4 is 50.5 Å². The van der Waals surface area contributed by atoms with E-state index < -0.39 is 10.0 Å². The van der Waals surface area contributed by atoms with Gasteiger partial charge in [-0.05, 0) is 50.5 Å². The van der Waals surface area contributed by atoms with Gasteiger partial charge in [-0.25, -0.2) is 17.9 Å². The van der Waals surface area contributed by atoms with Crippen LogP contribution in [0.2, 0.25) is 10.2 Å². The summed E-state index contributed by atoms with van der Waals surface area (Å²) < 4.78 is 27.5. The number of piperidine rings is 1. The van der Waals surface area contributed by atoms with E-state index in [9.17, 15) is 13.2 Å². The molecular formula is C20H21Cl2N5O3S. The zero-order chi connectivity index (χ0) is 22.3. The predicted molar refractivity (Wildman–Crippen MR) is 120 cm³/mol. The van der Waals surface area contributed by atoms with E-state index in [0.29, 0.717) is 28.1 Å². The van der Waals surface area contributed by atoms with E-state index in [1.165, 1.54) is 18.2 Å². The van der Waals surface area contributed by atoms with Gasteiger partial charge >= 0.3 is 0 Å². The van der Waals surface area contributed by atoms with Crippen molar-refractivity contribution in [2.45, 2.75) is 32.2 Å². The van der Waals surface area contributed by atoms with Gasteiger partial charge in [-0.1, -0.05) is 23.2 Å². The molecule has 1 atom stereocenters. The standard InChI is InChI=1S/C20H21Cl2N5O3S/c1-12-9-18(22)27-19(23-12)11-16(24-27)17-5-3-4-8-26(17)20(28)14-10-13(21)6-7-15(14)25-31(2,29)30/h6-7,9-11,17,25H,3-5,8H2,1-2H3/t17-/m0/s1. The number of sulfonamides is 1. The van der Waals surface area contributed by atoms with E-state index >= 15 is 0 Å². The van der Waals surface area contributed by atoms with Crippen LogP contribution in [0, 0.1) is 6.92 Å².